The molecular formula is C2H9BN2O. The normalized spacial score (nSPS) is 8.83. The summed E-state index contributed by atoms with van der Waals surface area (Å²) in [6, 6.07) is 0. The highest BCUT2D eigenvalue weighted by atomic mass is 16.8. The van der Waals surface area contributed by atoms with Crippen LogP contribution in [0.1, 0.15) is 6.92 Å². The van der Waals surface area contributed by atoms with E-state index in [1.807, 2.05) is 6.92 Å². The molecule has 4 heteroatoms. The second-order valence-electron chi connectivity index (χ2n) is 0.804. The molecule has 0 aromatic carbocycles. The van der Waals surface area contributed by atoms with Crippen molar-refractivity contribution in [1.82, 2.24) is 10.9 Å². The molecule has 0 unspecified atom stereocenters. The first-order valence-corrected chi connectivity index (χ1v) is 1.97. The number of hydrogen-bond donors (Lipinski definition) is 2. The Hall–Kier alpha value is -0.0551. The molecule has 0 bridgehead atoms. The molecule has 0 amide bonds. The lowest BCUT2D eigenvalue weighted by Gasteiger charge is -1.95. The summed E-state index contributed by atoms with van der Waals surface area (Å²) in [5.41, 5.74) is 2.59. The molecule has 0 aliphatic heterocycles. The van der Waals surface area contributed by atoms with E-state index in [-0.39, 0.29) is 0 Å². The molecule has 0 heterocycles. The van der Waals surface area contributed by atoms with Crippen LogP contribution in [0.4, 0.5) is 0 Å². The largest absolute Gasteiger partial charge is 0.233 e. The van der Waals surface area contributed by atoms with Gasteiger partial charge >= 0.3 is 0 Å². The first-order valence-electron chi connectivity index (χ1n) is 1.97. The highest BCUT2D eigenvalue weighted by molar-refractivity contribution is 6.03. The van der Waals surface area contributed by atoms with E-state index >= 15 is 0 Å². The summed E-state index contributed by atoms with van der Waals surface area (Å²) in [6.07, 6.45) is 0. The molecular weight excluding hydrogens is 78.8 g/mol. The molecule has 0 rings (SSSR count). The van der Waals surface area contributed by atoms with E-state index < -0.39 is 0 Å². The molecule has 3 nitrogen and oxygen atoms in total. The quantitative estimate of drug-likeness (QED) is 0.252. The Balaban J connectivity index is 2.34. The van der Waals surface area contributed by atoms with Crippen molar-refractivity contribution in [3.05, 3.63) is 0 Å². The van der Waals surface area contributed by atoms with Crippen molar-refractivity contribution >= 4 is 7.98 Å². The average Bonchev–Trinajstić information content (AvgIpc) is 1.61. The van der Waals surface area contributed by atoms with Gasteiger partial charge < -0.3 is 0 Å². The maximum Gasteiger partial charge on any atom is 0.219 e. The van der Waals surface area contributed by atoms with Crippen molar-refractivity contribution in [3.63, 3.8) is 0 Å². The molecule has 0 radical (unpaired) electrons. The van der Waals surface area contributed by atoms with Gasteiger partial charge in [0, 0.05) is 6.54 Å². The van der Waals surface area contributed by atoms with Gasteiger partial charge in [-0.05, 0) is 0 Å². The molecule has 0 spiro atoms. The van der Waals surface area contributed by atoms with Crippen LogP contribution in [-0.2, 0) is 4.94 Å². The molecule has 0 aliphatic carbocycles. The van der Waals surface area contributed by atoms with E-state index in [0.29, 0.717) is 0 Å². The third-order valence-corrected chi connectivity index (χ3v) is 0.319. The van der Waals surface area contributed by atoms with Crippen LogP contribution in [-0.4, -0.2) is 14.5 Å². The Kier molecular flexibility index (Phi) is 4.90. The zero-order chi connectivity index (χ0) is 4.83. The van der Waals surface area contributed by atoms with Crippen molar-refractivity contribution in [3.8, 4) is 0 Å². The summed E-state index contributed by atoms with van der Waals surface area (Å²) in [6.45, 7) is 2.78. The fourth-order valence-electron chi connectivity index (χ4n) is 0.144. The van der Waals surface area contributed by atoms with Crippen LogP contribution in [0.25, 0.3) is 0 Å². The Bertz CT molecular complexity index is 23.5. The standard InChI is InChI=1S/C2H9BN2O/c1-2-4-6-5-3/h4-5H,2-3H2,1H3. The Morgan fingerprint density at radius 3 is 2.67 bits per heavy atom. The molecule has 6 heavy (non-hydrogen) atoms. The van der Waals surface area contributed by atoms with Gasteiger partial charge in [0.2, 0.25) is 7.98 Å². The van der Waals surface area contributed by atoms with Crippen LogP contribution in [0, 0.1) is 0 Å². The van der Waals surface area contributed by atoms with Gasteiger partial charge in [-0.15, -0.1) is 0 Å². The van der Waals surface area contributed by atoms with E-state index in [2.05, 4.69) is 15.8 Å². The second-order valence-corrected chi connectivity index (χ2v) is 0.804. The predicted octanol–water partition coefficient (Wildman–Crippen LogP) is -1.42. The van der Waals surface area contributed by atoms with Crippen LogP contribution < -0.4 is 10.9 Å². The highest BCUT2D eigenvalue weighted by Crippen LogP contribution is 1.47. The van der Waals surface area contributed by atoms with Gasteiger partial charge in [-0.25, -0.2) is 10.3 Å². The summed E-state index contributed by atoms with van der Waals surface area (Å²) < 4.78 is 0. The van der Waals surface area contributed by atoms with E-state index in [1.54, 1.807) is 7.98 Å². The minimum absolute atomic E-state index is 0.820. The van der Waals surface area contributed by atoms with Gasteiger partial charge in [0.1, 0.15) is 0 Å². The van der Waals surface area contributed by atoms with Crippen molar-refractivity contribution in [2.24, 2.45) is 0 Å². The van der Waals surface area contributed by atoms with Crippen molar-refractivity contribution in [2.45, 2.75) is 6.92 Å². The Morgan fingerprint density at radius 2 is 2.50 bits per heavy atom. The molecule has 36 valence electrons. The third kappa shape index (κ3) is 3.94. The summed E-state index contributed by atoms with van der Waals surface area (Å²) in [7, 11) is 1.70. The average molecular weight is 87.9 g/mol. The van der Waals surface area contributed by atoms with Gasteiger partial charge in [0.25, 0.3) is 0 Å². The maximum atomic E-state index is 4.48. The minimum Gasteiger partial charge on any atom is -0.233 e. The summed E-state index contributed by atoms with van der Waals surface area (Å²) >= 11 is 0. The van der Waals surface area contributed by atoms with Crippen LogP contribution >= 0.6 is 0 Å². The third-order valence-electron chi connectivity index (χ3n) is 0.319. The first kappa shape index (κ1) is 5.94. The van der Waals surface area contributed by atoms with Crippen LogP contribution in [0.3, 0.4) is 0 Å². The van der Waals surface area contributed by atoms with Crippen molar-refractivity contribution in [2.75, 3.05) is 6.54 Å². The maximum absolute atomic E-state index is 4.48. The lowest BCUT2D eigenvalue weighted by molar-refractivity contribution is 0.00826. The molecule has 0 aromatic rings. The lowest BCUT2D eigenvalue weighted by atomic mass is 10.5. The van der Waals surface area contributed by atoms with Crippen LogP contribution in [0.2, 0.25) is 0 Å². The summed E-state index contributed by atoms with van der Waals surface area (Å²) in [5.74, 6) is 0. The first-order chi connectivity index (χ1) is 2.91. The Morgan fingerprint density at radius 1 is 1.83 bits per heavy atom. The molecule has 0 atom stereocenters. The number of hydrogen-bond acceptors (Lipinski definition) is 3. The monoisotopic (exact) mass is 88.1 g/mol. The van der Waals surface area contributed by atoms with Crippen molar-refractivity contribution < 1.29 is 4.94 Å². The highest BCUT2D eigenvalue weighted by Gasteiger charge is 1.68. The lowest BCUT2D eigenvalue weighted by Crippen LogP contribution is -2.22. The molecule has 0 saturated carbocycles. The molecule has 0 fully saturated rings. The number of rotatable bonds is 3. The van der Waals surface area contributed by atoms with Gasteiger partial charge in [-0.3, -0.25) is 0 Å². The van der Waals surface area contributed by atoms with Crippen LogP contribution in [0.15, 0.2) is 0 Å². The summed E-state index contributed by atoms with van der Waals surface area (Å²) in [4.78, 5) is 4.48. The van der Waals surface area contributed by atoms with Crippen LogP contribution in [0.5, 0.6) is 0 Å². The topological polar surface area (TPSA) is 33.3 Å². The molecule has 0 saturated heterocycles. The van der Waals surface area contributed by atoms with E-state index in [0.717, 1.165) is 6.54 Å². The Labute approximate surface area is 38.4 Å². The predicted molar refractivity (Wildman–Crippen MR) is 26.4 cm³/mol. The van der Waals surface area contributed by atoms with E-state index in [4.69, 9.17) is 0 Å². The van der Waals surface area contributed by atoms with Crippen molar-refractivity contribution in [1.29, 1.82) is 0 Å². The number of hydroxylamine groups is 1. The van der Waals surface area contributed by atoms with Gasteiger partial charge in [-0.1, -0.05) is 6.92 Å². The number of nitrogens with one attached hydrogen (secondary N) is 2. The fraction of sp³-hybridized carbons (Fsp3) is 1.00. The van der Waals surface area contributed by atoms with E-state index in [9.17, 15) is 0 Å². The molecule has 0 aliphatic rings. The van der Waals surface area contributed by atoms with Gasteiger partial charge in [-0.2, -0.15) is 5.48 Å². The smallest absolute Gasteiger partial charge is 0.219 e. The van der Waals surface area contributed by atoms with Gasteiger partial charge in [0.15, 0.2) is 0 Å². The SMILES string of the molecule is BNONCC. The second kappa shape index (κ2) is 4.94. The molecule has 0 aromatic heterocycles. The zero-order valence-corrected chi connectivity index (χ0v) is 4.12. The fourth-order valence-corrected chi connectivity index (χ4v) is 0.144. The molecule has 2 N–H and O–H groups in total. The van der Waals surface area contributed by atoms with E-state index in [1.165, 1.54) is 0 Å². The zero-order valence-electron chi connectivity index (χ0n) is 4.12. The summed E-state index contributed by atoms with van der Waals surface area (Å²) in [5, 5.41) is 2.46. The van der Waals surface area contributed by atoms with Gasteiger partial charge in [0.05, 0.1) is 0 Å². The minimum atomic E-state index is 0.820.